The number of hydrogen-bond donors (Lipinski definition) is 1. The maximum absolute atomic E-state index is 12.9. The van der Waals surface area contributed by atoms with Gasteiger partial charge in [-0.25, -0.2) is 0 Å². The van der Waals surface area contributed by atoms with Crippen molar-refractivity contribution in [3.63, 3.8) is 0 Å². The van der Waals surface area contributed by atoms with Gasteiger partial charge in [0.2, 0.25) is 0 Å². The molecule has 2 fully saturated rings. The van der Waals surface area contributed by atoms with Crippen molar-refractivity contribution < 1.29 is 9.53 Å². The van der Waals surface area contributed by atoms with E-state index in [2.05, 4.69) is 34.3 Å². The minimum Gasteiger partial charge on any atom is -0.381 e. The lowest BCUT2D eigenvalue weighted by molar-refractivity contribution is 0.0681. The summed E-state index contributed by atoms with van der Waals surface area (Å²) >= 11 is 0. The molecule has 5 heteroatoms. The second-order valence-electron chi connectivity index (χ2n) is 9.26. The lowest BCUT2D eigenvalue weighted by atomic mass is 9.81. The summed E-state index contributed by atoms with van der Waals surface area (Å²) in [5.74, 6) is 0.662. The number of likely N-dealkylation sites (tertiary alicyclic amines) is 1. The SMILES string of the molecule is CN1CCC2(C1)CN(CC1CCOCC1)c1ccc(C(=O)Nc3ccccc3)cc12. The van der Waals surface area contributed by atoms with E-state index in [-0.39, 0.29) is 11.3 Å². The number of carbonyl (C=O) groups excluding carboxylic acids is 1. The summed E-state index contributed by atoms with van der Waals surface area (Å²) in [6.07, 6.45) is 3.46. The first-order valence-electron chi connectivity index (χ1n) is 11.2. The van der Waals surface area contributed by atoms with E-state index in [9.17, 15) is 4.79 Å². The van der Waals surface area contributed by atoms with Crippen LogP contribution in [-0.4, -0.2) is 57.2 Å². The van der Waals surface area contributed by atoms with Gasteiger partial charge in [0.15, 0.2) is 0 Å². The van der Waals surface area contributed by atoms with E-state index in [1.165, 1.54) is 11.3 Å². The smallest absolute Gasteiger partial charge is 0.255 e. The van der Waals surface area contributed by atoms with Crippen LogP contribution in [0.25, 0.3) is 0 Å². The van der Waals surface area contributed by atoms with Crippen LogP contribution in [0.3, 0.4) is 0 Å². The third kappa shape index (κ3) is 3.72. The molecule has 5 nitrogen and oxygen atoms in total. The molecule has 0 aliphatic carbocycles. The lowest BCUT2D eigenvalue weighted by Gasteiger charge is -2.30. The van der Waals surface area contributed by atoms with Crippen molar-refractivity contribution in [1.29, 1.82) is 0 Å². The van der Waals surface area contributed by atoms with Crippen LogP contribution < -0.4 is 10.2 Å². The van der Waals surface area contributed by atoms with Crippen molar-refractivity contribution in [2.24, 2.45) is 5.92 Å². The highest BCUT2D eigenvalue weighted by Crippen LogP contribution is 2.47. The zero-order chi connectivity index (χ0) is 20.6. The Morgan fingerprint density at radius 3 is 2.67 bits per heavy atom. The number of ether oxygens (including phenoxy) is 1. The Kier molecular flexibility index (Phi) is 5.25. The summed E-state index contributed by atoms with van der Waals surface area (Å²) in [5, 5.41) is 3.04. The van der Waals surface area contributed by atoms with Crippen LogP contribution in [0.2, 0.25) is 0 Å². The van der Waals surface area contributed by atoms with E-state index in [0.29, 0.717) is 5.92 Å². The van der Waals surface area contributed by atoms with E-state index >= 15 is 0 Å². The molecule has 30 heavy (non-hydrogen) atoms. The number of anilines is 2. The Hall–Kier alpha value is -2.37. The van der Waals surface area contributed by atoms with Crippen LogP contribution in [0, 0.1) is 5.92 Å². The molecule has 1 atom stereocenters. The molecule has 1 amide bonds. The van der Waals surface area contributed by atoms with Crippen molar-refractivity contribution in [2.75, 3.05) is 56.7 Å². The largest absolute Gasteiger partial charge is 0.381 e. The van der Waals surface area contributed by atoms with Gasteiger partial charge in [0.1, 0.15) is 0 Å². The van der Waals surface area contributed by atoms with E-state index < -0.39 is 0 Å². The van der Waals surface area contributed by atoms with Crippen molar-refractivity contribution in [3.05, 3.63) is 59.7 Å². The normalized spacial score (nSPS) is 24.4. The molecule has 3 aliphatic heterocycles. The van der Waals surface area contributed by atoms with Gasteiger partial charge in [-0.3, -0.25) is 4.79 Å². The Labute approximate surface area is 179 Å². The molecule has 0 bridgehead atoms. The fourth-order valence-corrected chi connectivity index (χ4v) is 5.47. The number of fused-ring (bicyclic) bond motifs is 2. The molecular formula is C25H31N3O2. The highest BCUT2D eigenvalue weighted by molar-refractivity contribution is 6.04. The molecule has 5 rings (SSSR count). The number of rotatable bonds is 4. The molecule has 2 aromatic rings. The molecule has 0 saturated carbocycles. The monoisotopic (exact) mass is 405 g/mol. The van der Waals surface area contributed by atoms with Gasteiger partial charge < -0.3 is 19.9 Å². The summed E-state index contributed by atoms with van der Waals surface area (Å²) in [6, 6.07) is 16.0. The Balaban J connectivity index is 1.42. The first-order valence-corrected chi connectivity index (χ1v) is 11.2. The fourth-order valence-electron chi connectivity index (χ4n) is 5.47. The number of amides is 1. The molecule has 2 saturated heterocycles. The highest BCUT2D eigenvalue weighted by atomic mass is 16.5. The average molecular weight is 406 g/mol. The quantitative estimate of drug-likeness (QED) is 0.841. The second-order valence-corrected chi connectivity index (χ2v) is 9.26. The summed E-state index contributed by atoms with van der Waals surface area (Å²) in [5.41, 5.74) is 4.41. The number of para-hydroxylation sites is 1. The summed E-state index contributed by atoms with van der Waals surface area (Å²) in [6.45, 7) is 6.11. The number of benzene rings is 2. The molecule has 1 N–H and O–H groups in total. The lowest BCUT2D eigenvalue weighted by Crippen LogP contribution is -2.38. The number of likely N-dealkylation sites (N-methyl/N-ethyl adjacent to an activating group) is 1. The van der Waals surface area contributed by atoms with Crippen LogP contribution in [0.5, 0.6) is 0 Å². The molecule has 0 aromatic heterocycles. The van der Waals surface area contributed by atoms with E-state index in [4.69, 9.17) is 4.74 Å². The highest BCUT2D eigenvalue weighted by Gasteiger charge is 2.46. The first kappa shape index (κ1) is 19.6. The topological polar surface area (TPSA) is 44.8 Å². The van der Waals surface area contributed by atoms with Crippen molar-refractivity contribution in [1.82, 2.24) is 4.90 Å². The number of hydrogen-bond acceptors (Lipinski definition) is 4. The van der Waals surface area contributed by atoms with Gasteiger partial charge >= 0.3 is 0 Å². The van der Waals surface area contributed by atoms with E-state index in [1.54, 1.807) is 0 Å². The van der Waals surface area contributed by atoms with E-state index in [1.807, 2.05) is 36.4 Å². The maximum Gasteiger partial charge on any atom is 0.255 e. The van der Waals surface area contributed by atoms with Crippen LogP contribution in [-0.2, 0) is 10.2 Å². The summed E-state index contributed by atoms with van der Waals surface area (Å²) in [4.78, 5) is 17.9. The zero-order valence-electron chi connectivity index (χ0n) is 17.8. The van der Waals surface area contributed by atoms with Gasteiger partial charge in [0.05, 0.1) is 0 Å². The molecule has 3 aliphatic rings. The summed E-state index contributed by atoms with van der Waals surface area (Å²) in [7, 11) is 2.21. The predicted octanol–water partition coefficient (Wildman–Crippen LogP) is 3.76. The van der Waals surface area contributed by atoms with Crippen molar-refractivity contribution in [2.45, 2.75) is 24.7 Å². The van der Waals surface area contributed by atoms with Gasteiger partial charge in [-0.05, 0) is 74.7 Å². The predicted molar refractivity (Wildman–Crippen MR) is 120 cm³/mol. The van der Waals surface area contributed by atoms with Gasteiger partial charge in [0, 0.05) is 55.2 Å². The molecule has 1 unspecified atom stereocenters. The van der Waals surface area contributed by atoms with Crippen LogP contribution in [0.1, 0.15) is 35.2 Å². The standard InChI is InChI=1S/C25H31N3O2/c1-27-12-11-25(17-27)18-28(16-19-9-13-30-14-10-19)23-8-7-20(15-22(23)25)24(29)26-21-5-3-2-4-6-21/h2-8,15,19H,9-14,16-18H2,1H3,(H,26,29). The Morgan fingerprint density at radius 1 is 1.13 bits per heavy atom. The van der Waals surface area contributed by atoms with Crippen LogP contribution in [0.4, 0.5) is 11.4 Å². The van der Waals surface area contributed by atoms with Crippen molar-refractivity contribution >= 4 is 17.3 Å². The van der Waals surface area contributed by atoms with E-state index in [0.717, 1.165) is 69.9 Å². The van der Waals surface area contributed by atoms with Crippen LogP contribution >= 0.6 is 0 Å². The van der Waals surface area contributed by atoms with Gasteiger partial charge in [0.25, 0.3) is 5.91 Å². The first-order chi connectivity index (χ1) is 14.6. The number of nitrogens with one attached hydrogen (secondary N) is 1. The van der Waals surface area contributed by atoms with Gasteiger partial charge in [-0.1, -0.05) is 18.2 Å². The molecule has 3 heterocycles. The minimum absolute atomic E-state index is 0.0339. The Morgan fingerprint density at radius 2 is 1.93 bits per heavy atom. The Bertz CT molecular complexity index is 910. The summed E-state index contributed by atoms with van der Waals surface area (Å²) < 4.78 is 5.56. The number of carbonyl (C=O) groups is 1. The number of nitrogens with zero attached hydrogens (tertiary/aromatic N) is 2. The zero-order valence-corrected chi connectivity index (χ0v) is 17.8. The second kappa shape index (κ2) is 8.05. The van der Waals surface area contributed by atoms with Gasteiger partial charge in [-0.15, -0.1) is 0 Å². The van der Waals surface area contributed by atoms with Crippen LogP contribution in [0.15, 0.2) is 48.5 Å². The van der Waals surface area contributed by atoms with Crippen molar-refractivity contribution in [3.8, 4) is 0 Å². The molecule has 0 radical (unpaired) electrons. The third-order valence-electron chi connectivity index (χ3n) is 7.06. The molecular weight excluding hydrogens is 374 g/mol. The molecule has 158 valence electrons. The minimum atomic E-state index is -0.0339. The molecule has 1 spiro atoms. The third-order valence-corrected chi connectivity index (χ3v) is 7.06. The maximum atomic E-state index is 12.9. The molecule has 2 aromatic carbocycles. The van der Waals surface area contributed by atoms with Gasteiger partial charge in [-0.2, -0.15) is 0 Å². The average Bonchev–Trinajstić information content (AvgIpc) is 3.29. The fraction of sp³-hybridized carbons (Fsp3) is 0.480.